The first-order valence-electron chi connectivity index (χ1n) is 5.24. The lowest BCUT2D eigenvalue weighted by atomic mass is 10.1. The van der Waals surface area contributed by atoms with Gasteiger partial charge in [0.25, 0.3) is 0 Å². The molecule has 4 nitrogen and oxygen atoms in total. The highest BCUT2D eigenvalue weighted by Gasteiger charge is 2.09. The molecule has 3 N–H and O–H groups in total. The van der Waals surface area contributed by atoms with Crippen LogP contribution in [0.15, 0.2) is 30.5 Å². The number of rotatable bonds is 3. The molecule has 0 radical (unpaired) electrons. The number of hydrogen-bond acceptors (Lipinski definition) is 3. The fourth-order valence-corrected chi connectivity index (χ4v) is 1.83. The molecule has 0 amide bonds. The number of anilines is 2. The van der Waals surface area contributed by atoms with Crippen LogP contribution in [0.4, 0.5) is 11.5 Å². The highest BCUT2D eigenvalue weighted by molar-refractivity contribution is 7.80. The molecule has 0 aliphatic heterocycles. The summed E-state index contributed by atoms with van der Waals surface area (Å²) in [7, 11) is 1.88. The maximum atomic E-state index is 5.72. The van der Waals surface area contributed by atoms with E-state index >= 15 is 0 Å². The number of thiocarbonyl (C=S) groups is 1. The molecule has 88 valence electrons. The number of aryl methyl sites for hydroxylation is 2. The second-order valence-electron chi connectivity index (χ2n) is 3.83. The van der Waals surface area contributed by atoms with Crippen LogP contribution in [0.25, 0.3) is 0 Å². The van der Waals surface area contributed by atoms with Gasteiger partial charge in [0.1, 0.15) is 10.8 Å². The van der Waals surface area contributed by atoms with Gasteiger partial charge in [-0.05, 0) is 18.6 Å². The summed E-state index contributed by atoms with van der Waals surface area (Å²) in [5.74, 6) is 0.900. The van der Waals surface area contributed by atoms with E-state index in [9.17, 15) is 0 Å². The Labute approximate surface area is 105 Å². The van der Waals surface area contributed by atoms with Gasteiger partial charge < -0.3 is 11.1 Å². The second-order valence-corrected chi connectivity index (χ2v) is 4.27. The Morgan fingerprint density at radius 3 is 2.76 bits per heavy atom. The van der Waals surface area contributed by atoms with Crippen LogP contribution in [0.3, 0.4) is 0 Å². The van der Waals surface area contributed by atoms with Crippen molar-refractivity contribution in [2.24, 2.45) is 12.8 Å². The predicted octanol–water partition coefficient (Wildman–Crippen LogP) is 2.11. The van der Waals surface area contributed by atoms with Crippen LogP contribution in [0, 0.1) is 6.92 Å². The van der Waals surface area contributed by atoms with Gasteiger partial charge in [-0.25, -0.2) is 0 Å². The van der Waals surface area contributed by atoms with E-state index in [4.69, 9.17) is 18.0 Å². The van der Waals surface area contributed by atoms with Gasteiger partial charge in [-0.3, -0.25) is 4.68 Å². The Balaban J connectivity index is 2.45. The largest absolute Gasteiger partial charge is 0.389 e. The summed E-state index contributed by atoms with van der Waals surface area (Å²) in [5, 5.41) is 7.41. The molecule has 0 bridgehead atoms. The van der Waals surface area contributed by atoms with Crippen molar-refractivity contribution >= 4 is 28.7 Å². The number of hydrogen-bond donors (Lipinski definition) is 2. The van der Waals surface area contributed by atoms with Gasteiger partial charge in [-0.2, -0.15) is 5.10 Å². The van der Waals surface area contributed by atoms with Crippen molar-refractivity contribution in [3.05, 3.63) is 41.6 Å². The van der Waals surface area contributed by atoms with Crippen molar-refractivity contribution in [1.29, 1.82) is 0 Å². The van der Waals surface area contributed by atoms with Gasteiger partial charge in [-0.1, -0.05) is 24.4 Å². The minimum absolute atomic E-state index is 0.387. The Kier molecular flexibility index (Phi) is 3.10. The Morgan fingerprint density at radius 2 is 2.18 bits per heavy atom. The highest BCUT2D eigenvalue weighted by atomic mass is 32.1. The molecular formula is C12H14N4S. The highest BCUT2D eigenvalue weighted by Crippen LogP contribution is 2.24. The van der Waals surface area contributed by atoms with Crippen molar-refractivity contribution in [2.45, 2.75) is 6.92 Å². The van der Waals surface area contributed by atoms with Crippen molar-refractivity contribution in [2.75, 3.05) is 5.32 Å². The number of nitrogens with one attached hydrogen (secondary N) is 1. The van der Waals surface area contributed by atoms with E-state index < -0.39 is 0 Å². The minimum Gasteiger partial charge on any atom is -0.389 e. The number of para-hydroxylation sites is 1. The molecule has 1 aromatic heterocycles. The number of nitrogens with two attached hydrogens (primary N) is 1. The fraction of sp³-hybridized carbons (Fsp3) is 0.167. The van der Waals surface area contributed by atoms with Crippen molar-refractivity contribution in [3.8, 4) is 0 Å². The molecule has 1 heterocycles. The normalized spacial score (nSPS) is 10.2. The first-order chi connectivity index (χ1) is 8.09. The number of benzene rings is 1. The molecule has 2 aromatic rings. The van der Waals surface area contributed by atoms with E-state index in [0.717, 1.165) is 22.6 Å². The SMILES string of the molecule is Cc1cccc(C(N)=S)c1Nc1ccnn1C. The first kappa shape index (κ1) is 11.6. The zero-order chi connectivity index (χ0) is 12.4. The van der Waals surface area contributed by atoms with E-state index in [1.54, 1.807) is 10.9 Å². The smallest absolute Gasteiger partial charge is 0.128 e. The molecule has 0 saturated heterocycles. The maximum Gasteiger partial charge on any atom is 0.128 e. The molecule has 0 aliphatic rings. The lowest BCUT2D eigenvalue weighted by molar-refractivity contribution is 0.776. The van der Waals surface area contributed by atoms with Crippen LogP contribution in [0.5, 0.6) is 0 Å². The third-order valence-corrected chi connectivity index (χ3v) is 2.83. The second kappa shape index (κ2) is 4.55. The van der Waals surface area contributed by atoms with E-state index in [1.165, 1.54) is 0 Å². The van der Waals surface area contributed by atoms with Crippen molar-refractivity contribution in [3.63, 3.8) is 0 Å². The molecule has 0 saturated carbocycles. The van der Waals surface area contributed by atoms with E-state index in [1.807, 2.05) is 38.2 Å². The standard InChI is InChI=1S/C12H14N4S/c1-8-4-3-5-9(12(13)17)11(8)15-10-6-7-14-16(10)2/h3-7,15H,1-2H3,(H2,13,17). The molecule has 0 spiro atoms. The monoisotopic (exact) mass is 246 g/mol. The van der Waals surface area contributed by atoms with Crippen LogP contribution in [0.2, 0.25) is 0 Å². The molecule has 0 fully saturated rings. The van der Waals surface area contributed by atoms with E-state index in [0.29, 0.717) is 4.99 Å². The summed E-state index contributed by atoms with van der Waals surface area (Å²) in [6.07, 6.45) is 1.74. The molecule has 17 heavy (non-hydrogen) atoms. The minimum atomic E-state index is 0.387. The lowest BCUT2D eigenvalue weighted by Gasteiger charge is -2.13. The van der Waals surface area contributed by atoms with E-state index in [2.05, 4.69) is 10.4 Å². The summed E-state index contributed by atoms with van der Waals surface area (Å²) >= 11 is 5.05. The summed E-state index contributed by atoms with van der Waals surface area (Å²) in [6, 6.07) is 7.77. The first-order valence-corrected chi connectivity index (χ1v) is 5.65. The molecule has 1 aromatic carbocycles. The summed E-state index contributed by atoms with van der Waals surface area (Å²) in [6.45, 7) is 2.01. The van der Waals surface area contributed by atoms with Crippen molar-refractivity contribution < 1.29 is 0 Å². The zero-order valence-corrected chi connectivity index (χ0v) is 10.6. The van der Waals surface area contributed by atoms with Crippen LogP contribution >= 0.6 is 12.2 Å². The molecule has 0 atom stereocenters. The quantitative estimate of drug-likeness (QED) is 0.814. The molecule has 2 rings (SSSR count). The Morgan fingerprint density at radius 1 is 1.41 bits per heavy atom. The molecular weight excluding hydrogens is 232 g/mol. The van der Waals surface area contributed by atoms with Gasteiger partial charge in [0, 0.05) is 18.7 Å². The maximum absolute atomic E-state index is 5.72. The van der Waals surface area contributed by atoms with Gasteiger partial charge >= 0.3 is 0 Å². The number of nitrogens with zero attached hydrogens (tertiary/aromatic N) is 2. The van der Waals surface area contributed by atoms with Crippen LogP contribution in [-0.4, -0.2) is 14.8 Å². The predicted molar refractivity (Wildman–Crippen MR) is 73.6 cm³/mol. The van der Waals surface area contributed by atoms with Gasteiger partial charge in [-0.15, -0.1) is 0 Å². The third-order valence-electron chi connectivity index (χ3n) is 2.61. The lowest BCUT2D eigenvalue weighted by Crippen LogP contribution is -2.13. The van der Waals surface area contributed by atoms with E-state index in [-0.39, 0.29) is 0 Å². The molecule has 0 aliphatic carbocycles. The molecule has 5 heteroatoms. The summed E-state index contributed by atoms with van der Waals surface area (Å²) < 4.78 is 1.76. The average Bonchev–Trinajstić information content (AvgIpc) is 2.67. The summed E-state index contributed by atoms with van der Waals surface area (Å²) in [5.41, 5.74) is 8.60. The molecule has 0 unspecified atom stereocenters. The Hall–Kier alpha value is -1.88. The summed E-state index contributed by atoms with van der Waals surface area (Å²) in [4.78, 5) is 0.387. The van der Waals surface area contributed by atoms with Crippen LogP contribution in [-0.2, 0) is 7.05 Å². The van der Waals surface area contributed by atoms with Crippen LogP contribution < -0.4 is 11.1 Å². The fourth-order valence-electron chi connectivity index (χ4n) is 1.66. The van der Waals surface area contributed by atoms with Crippen LogP contribution in [0.1, 0.15) is 11.1 Å². The van der Waals surface area contributed by atoms with Gasteiger partial charge in [0.2, 0.25) is 0 Å². The average molecular weight is 246 g/mol. The number of aromatic nitrogens is 2. The zero-order valence-electron chi connectivity index (χ0n) is 9.77. The topological polar surface area (TPSA) is 55.9 Å². The van der Waals surface area contributed by atoms with Gasteiger partial charge in [0.05, 0.1) is 11.9 Å². The Bertz CT molecular complexity index is 559. The van der Waals surface area contributed by atoms with Gasteiger partial charge in [0.15, 0.2) is 0 Å². The van der Waals surface area contributed by atoms with Crippen molar-refractivity contribution in [1.82, 2.24) is 9.78 Å². The third kappa shape index (κ3) is 2.29.